The molecule has 0 aliphatic carbocycles. The number of methoxy groups -OCH3 is 3. The summed E-state index contributed by atoms with van der Waals surface area (Å²) >= 11 is 0. The van der Waals surface area contributed by atoms with Crippen LogP contribution in [0.15, 0.2) is 36.7 Å². The maximum atomic E-state index is 12.7. The monoisotopic (exact) mass is 366 g/mol. The predicted molar refractivity (Wildman–Crippen MR) is 105 cm³/mol. The molecule has 0 bridgehead atoms. The number of allylic oxidation sites excluding steroid dienone is 1. The maximum absolute atomic E-state index is 12.7. The Morgan fingerprint density at radius 2 is 1.59 bits per heavy atom. The van der Waals surface area contributed by atoms with Gasteiger partial charge in [0, 0.05) is 6.08 Å². The zero-order valence-electron chi connectivity index (χ0n) is 16.1. The average Bonchev–Trinajstić information content (AvgIpc) is 3.07. The molecule has 140 valence electrons. The molecule has 0 unspecified atom stereocenters. The molecule has 3 aromatic rings. The molecule has 0 radical (unpaired) electrons. The van der Waals surface area contributed by atoms with Crippen molar-refractivity contribution < 1.29 is 19.0 Å². The van der Waals surface area contributed by atoms with E-state index in [2.05, 4.69) is 4.98 Å². The lowest BCUT2D eigenvalue weighted by molar-refractivity contribution is 0.0974. The minimum Gasteiger partial charge on any atom is -0.493 e. The van der Waals surface area contributed by atoms with Crippen LogP contribution >= 0.6 is 0 Å². The minimum atomic E-state index is -0.186. The molecule has 6 nitrogen and oxygen atoms in total. The normalized spacial score (nSPS) is 11.1. The third-order valence-electron chi connectivity index (χ3n) is 4.51. The molecule has 0 aliphatic rings. The summed E-state index contributed by atoms with van der Waals surface area (Å²) in [4.78, 5) is 17.0. The fraction of sp³-hybridized carbons (Fsp3) is 0.238. The van der Waals surface area contributed by atoms with E-state index < -0.39 is 0 Å². The van der Waals surface area contributed by atoms with E-state index in [1.165, 1.54) is 10.6 Å². The van der Waals surface area contributed by atoms with Crippen LogP contribution in [0.3, 0.4) is 0 Å². The Hall–Kier alpha value is -3.28. The molecule has 0 atom stereocenters. The van der Waals surface area contributed by atoms with Gasteiger partial charge in [-0.3, -0.25) is 9.36 Å². The molecule has 6 heteroatoms. The summed E-state index contributed by atoms with van der Waals surface area (Å²) in [5.41, 5.74) is 4.61. The number of carbonyl (C=O) groups is 1. The molecule has 1 aromatic heterocycles. The quantitative estimate of drug-likeness (QED) is 0.638. The Bertz CT molecular complexity index is 1010. The third-order valence-corrected chi connectivity index (χ3v) is 4.51. The van der Waals surface area contributed by atoms with Gasteiger partial charge in [-0.05, 0) is 60.9 Å². The Balaban J connectivity index is 1.95. The van der Waals surface area contributed by atoms with Gasteiger partial charge in [0.05, 0.1) is 32.4 Å². The zero-order valence-corrected chi connectivity index (χ0v) is 16.1. The van der Waals surface area contributed by atoms with E-state index in [0.717, 1.165) is 27.7 Å². The van der Waals surface area contributed by atoms with Crippen LogP contribution in [0.25, 0.3) is 17.1 Å². The van der Waals surface area contributed by atoms with Crippen LogP contribution < -0.4 is 14.2 Å². The number of hydrogen-bond acceptors (Lipinski definition) is 5. The molecule has 0 N–H and O–H groups in total. The second kappa shape index (κ2) is 7.53. The molecule has 0 fully saturated rings. The van der Waals surface area contributed by atoms with Gasteiger partial charge in [-0.25, -0.2) is 4.98 Å². The molecule has 0 aliphatic heterocycles. The smallest absolute Gasteiger partial charge is 0.256 e. The summed E-state index contributed by atoms with van der Waals surface area (Å²) in [5, 5.41) is 0. The van der Waals surface area contributed by atoms with E-state index in [-0.39, 0.29) is 5.91 Å². The van der Waals surface area contributed by atoms with Gasteiger partial charge < -0.3 is 14.2 Å². The number of fused-ring (bicyclic) bond motifs is 1. The van der Waals surface area contributed by atoms with Crippen LogP contribution in [0.5, 0.6) is 17.2 Å². The number of aromatic nitrogens is 2. The Kier molecular flexibility index (Phi) is 5.16. The highest BCUT2D eigenvalue weighted by molar-refractivity contribution is 5.99. The summed E-state index contributed by atoms with van der Waals surface area (Å²) in [6.07, 6.45) is 4.75. The number of ether oxygens (including phenoxy) is 3. The maximum Gasteiger partial charge on any atom is 0.256 e. The second-order valence-electron chi connectivity index (χ2n) is 6.17. The van der Waals surface area contributed by atoms with Crippen LogP contribution in [0.4, 0.5) is 0 Å². The zero-order chi connectivity index (χ0) is 19.6. The van der Waals surface area contributed by atoms with Crippen LogP contribution in [-0.4, -0.2) is 36.8 Å². The fourth-order valence-corrected chi connectivity index (χ4v) is 2.89. The lowest BCUT2D eigenvalue weighted by atomic mass is 10.1. The predicted octanol–water partition coefficient (Wildman–Crippen LogP) is 4.03. The van der Waals surface area contributed by atoms with Crippen molar-refractivity contribution in [3.8, 4) is 17.2 Å². The van der Waals surface area contributed by atoms with Crippen LogP contribution in [0.1, 0.15) is 21.5 Å². The van der Waals surface area contributed by atoms with Crippen molar-refractivity contribution in [1.29, 1.82) is 0 Å². The Labute approximate surface area is 158 Å². The number of nitrogens with zero attached hydrogens (tertiary/aromatic N) is 2. The topological polar surface area (TPSA) is 62.6 Å². The largest absolute Gasteiger partial charge is 0.493 e. The van der Waals surface area contributed by atoms with Gasteiger partial charge in [0.15, 0.2) is 11.5 Å². The second-order valence-corrected chi connectivity index (χ2v) is 6.17. The van der Waals surface area contributed by atoms with Crippen molar-refractivity contribution in [3.05, 3.63) is 53.4 Å². The summed E-state index contributed by atoms with van der Waals surface area (Å²) in [7, 11) is 4.66. The Morgan fingerprint density at radius 1 is 0.963 bits per heavy atom. The number of carbonyl (C=O) groups excluding carboxylic acids is 1. The van der Waals surface area contributed by atoms with E-state index >= 15 is 0 Å². The molecule has 0 spiro atoms. The van der Waals surface area contributed by atoms with Gasteiger partial charge in [0.25, 0.3) is 5.91 Å². The van der Waals surface area contributed by atoms with E-state index in [1.54, 1.807) is 45.9 Å². The molecule has 0 saturated heterocycles. The lowest BCUT2D eigenvalue weighted by Gasteiger charge is -2.12. The first-order valence-corrected chi connectivity index (χ1v) is 8.45. The molecule has 0 amide bonds. The molecule has 2 aromatic carbocycles. The first kappa shape index (κ1) is 18.5. The molecular weight excluding hydrogens is 344 g/mol. The molecule has 0 saturated carbocycles. The minimum absolute atomic E-state index is 0.186. The van der Waals surface area contributed by atoms with Crippen molar-refractivity contribution in [3.63, 3.8) is 0 Å². The molecule has 1 heterocycles. The lowest BCUT2D eigenvalue weighted by Crippen LogP contribution is -2.05. The fourth-order valence-electron chi connectivity index (χ4n) is 2.89. The highest BCUT2D eigenvalue weighted by Crippen LogP contribution is 2.38. The van der Waals surface area contributed by atoms with Gasteiger partial charge in [0.1, 0.15) is 6.33 Å². The van der Waals surface area contributed by atoms with Crippen molar-refractivity contribution >= 4 is 23.0 Å². The van der Waals surface area contributed by atoms with Gasteiger partial charge in [-0.1, -0.05) is 0 Å². The van der Waals surface area contributed by atoms with Gasteiger partial charge in [-0.2, -0.15) is 0 Å². The van der Waals surface area contributed by atoms with E-state index in [4.69, 9.17) is 14.2 Å². The number of aryl methyl sites for hydroxylation is 2. The van der Waals surface area contributed by atoms with Gasteiger partial charge in [-0.15, -0.1) is 0 Å². The number of hydrogen-bond donors (Lipinski definition) is 0. The van der Waals surface area contributed by atoms with Gasteiger partial charge in [0.2, 0.25) is 5.75 Å². The highest BCUT2D eigenvalue weighted by atomic mass is 16.5. The summed E-state index contributed by atoms with van der Waals surface area (Å²) in [6, 6.07) is 7.52. The first-order chi connectivity index (χ1) is 13.0. The standard InChI is InChI=1S/C21H22N2O4/c1-13-8-16-17(9-14(13)2)23(12-22-16)20(24)7-6-15-10-18(25-3)21(27-5)19(11-15)26-4/h6-12H,1-5H3/b7-6+. The molecular formula is C21H22N2O4. The molecule has 27 heavy (non-hydrogen) atoms. The highest BCUT2D eigenvalue weighted by Gasteiger charge is 2.13. The van der Waals surface area contributed by atoms with Crippen LogP contribution in [0, 0.1) is 13.8 Å². The van der Waals surface area contributed by atoms with Crippen LogP contribution in [-0.2, 0) is 0 Å². The summed E-state index contributed by atoms with van der Waals surface area (Å²) < 4.78 is 17.5. The average molecular weight is 366 g/mol. The third kappa shape index (κ3) is 3.51. The summed E-state index contributed by atoms with van der Waals surface area (Å²) in [6.45, 7) is 4.04. The first-order valence-electron chi connectivity index (χ1n) is 8.45. The van der Waals surface area contributed by atoms with Crippen LogP contribution in [0.2, 0.25) is 0 Å². The Morgan fingerprint density at radius 3 is 2.19 bits per heavy atom. The van der Waals surface area contributed by atoms with Gasteiger partial charge >= 0.3 is 0 Å². The van der Waals surface area contributed by atoms with Crippen molar-refractivity contribution in [2.24, 2.45) is 0 Å². The SMILES string of the molecule is COc1cc(/C=C/C(=O)n2cnc3cc(C)c(C)cc32)cc(OC)c1OC. The van der Waals surface area contributed by atoms with Crippen molar-refractivity contribution in [2.75, 3.05) is 21.3 Å². The van der Waals surface area contributed by atoms with E-state index in [0.29, 0.717) is 17.2 Å². The van der Waals surface area contributed by atoms with E-state index in [9.17, 15) is 4.79 Å². The number of imidazole rings is 1. The van der Waals surface area contributed by atoms with E-state index in [1.807, 2.05) is 26.0 Å². The summed E-state index contributed by atoms with van der Waals surface area (Å²) in [5.74, 6) is 1.38. The molecule has 3 rings (SSSR count). The number of rotatable bonds is 5. The van der Waals surface area contributed by atoms with Crippen molar-refractivity contribution in [2.45, 2.75) is 13.8 Å². The van der Waals surface area contributed by atoms with Crippen molar-refractivity contribution in [1.82, 2.24) is 9.55 Å². The number of benzene rings is 2.